The summed E-state index contributed by atoms with van der Waals surface area (Å²) >= 11 is 0. The Hall–Kier alpha value is -1.64. The monoisotopic (exact) mass is 174 g/mol. The van der Waals surface area contributed by atoms with Gasteiger partial charge in [-0.15, -0.1) is 0 Å². The summed E-state index contributed by atoms with van der Waals surface area (Å²) in [7, 11) is 1.88. The lowest BCUT2D eigenvalue weighted by Gasteiger charge is -1.96. The number of rotatable bonds is 1. The third-order valence-electron chi connectivity index (χ3n) is 2.21. The number of hydrogen-bond donors (Lipinski definition) is 0. The molecule has 0 N–H and O–H groups in total. The van der Waals surface area contributed by atoms with Gasteiger partial charge in [-0.3, -0.25) is 9.48 Å². The van der Waals surface area contributed by atoms with E-state index in [0.29, 0.717) is 5.56 Å². The Bertz CT molecular complexity index is 471. The van der Waals surface area contributed by atoms with Crippen LogP contribution < -0.4 is 0 Å². The van der Waals surface area contributed by atoms with E-state index in [1.807, 2.05) is 32.3 Å². The van der Waals surface area contributed by atoms with E-state index in [1.165, 1.54) is 0 Å². The number of fused-ring (bicyclic) bond motifs is 1. The van der Waals surface area contributed by atoms with Crippen LogP contribution >= 0.6 is 0 Å². The first-order valence-corrected chi connectivity index (χ1v) is 4.10. The molecule has 2 rings (SSSR count). The SMILES string of the molecule is Cc1c(C=O)ccc2cn(C)nc12. The van der Waals surface area contributed by atoms with E-state index in [-0.39, 0.29) is 0 Å². The third kappa shape index (κ3) is 1.13. The summed E-state index contributed by atoms with van der Waals surface area (Å²) in [6.45, 7) is 1.92. The van der Waals surface area contributed by atoms with Crippen molar-refractivity contribution in [2.45, 2.75) is 6.92 Å². The fraction of sp³-hybridized carbons (Fsp3) is 0.200. The Kier molecular flexibility index (Phi) is 1.65. The van der Waals surface area contributed by atoms with E-state index in [0.717, 1.165) is 22.8 Å². The summed E-state index contributed by atoms with van der Waals surface area (Å²) in [6, 6.07) is 3.74. The molecule has 0 amide bonds. The van der Waals surface area contributed by atoms with Crippen LogP contribution in [-0.4, -0.2) is 16.1 Å². The Morgan fingerprint density at radius 3 is 2.92 bits per heavy atom. The van der Waals surface area contributed by atoms with E-state index in [4.69, 9.17) is 0 Å². The van der Waals surface area contributed by atoms with Gasteiger partial charge in [-0.05, 0) is 12.5 Å². The van der Waals surface area contributed by atoms with Gasteiger partial charge in [-0.25, -0.2) is 0 Å². The zero-order chi connectivity index (χ0) is 9.42. The number of nitrogens with zero attached hydrogens (tertiary/aromatic N) is 2. The smallest absolute Gasteiger partial charge is 0.150 e. The number of aldehydes is 1. The molecule has 0 aliphatic heterocycles. The van der Waals surface area contributed by atoms with Crippen LogP contribution in [0.3, 0.4) is 0 Å². The highest BCUT2D eigenvalue weighted by Gasteiger charge is 2.05. The fourth-order valence-corrected chi connectivity index (χ4v) is 1.49. The molecule has 1 heterocycles. The van der Waals surface area contributed by atoms with E-state index in [1.54, 1.807) is 4.68 Å². The largest absolute Gasteiger partial charge is 0.298 e. The molecule has 3 nitrogen and oxygen atoms in total. The van der Waals surface area contributed by atoms with Crippen molar-refractivity contribution in [1.29, 1.82) is 0 Å². The number of aryl methyl sites for hydroxylation is 2. The predicted octanol–water partition coefficient (Wildman–Crippen LogP) is 1.69. The molecule has 66 valence electrons. The normalized spacial score (nSPS) is 10.6. The molecule has 0 bridgehead atoms. The van der Waals surface area contributed by atoms with Gasteiger partial charge >= 0.3 is 0 Å². The standard InChI is InChI=1S/C10H10N2O/c1-7-9(6-13)4-3-8-5-12(2)11-10(7)8/h3-6H,1-2H3. The van der Waals surface area contributed by atoms with Crippen LogP contribution in [0, 0.1) is 6.92 Å². The van der Waals surface area contributed by atoms with Crippen molar-refractivity contribution in [3.05, 3.63) is 29.5 Å². The quantitative estimate of drug-likeness (QED) is 0.617. The van der Waals surface area contributed by atoms with Crippen molar-refractivity contribution in [2.24, 2.45) is 7.05 Å². The fourth-order valence-electron chi connectivity index (χ4n) is 1.49. The number of benzene rings is 1. The molecule has 0 aliphatic carbocycles. The highest BCUT2D eigenvalue weighted by Crippen LogP contribution is 2.18. The Morgan fingerprint density at radius 1 is 1.46 bits per heavy atom. The van der Waals surface area contributed by atoms with E-state index in [9.17, 15) is 4.79 Å². The first-order chi connectivity index (χ1) is 6.22. The van der Waals surface area contributed by atoms with Crippen molar-refractivity contribution >= 4 is 17.2 Å². The predicted molar refractivity (Wildman–Crippen MR) is 50.8 cm³/mol. The van der Waals surface area contributed by atoms with Crippen molar-refractivity contribution in [3.8, 4) is 0 Å². The summed E-state index contributed by atoms with van der Waals surface area (Å²) in [4.78, 5) is 10.6. The maximum absolute atomic E-state index is 10.6. The van der Waals surface area contributed by atoms with Crippen molar-refractivity contribution < 1.29 is 4.79 Å². The number of carbonyl (C=O) groups excluding carboxylic acids is 1. The molecule has 0 fully saturated rings. The molecule has 13 heavy (non-hydrogen) atoms. The van der Waals surface area contributed by atoms with Gasteiger partial charge in [-0.1, -0.05) is 12.1 Å². The van der Waals surface area contributed by atoms with E-state index in [2.05, 4.69) is 5.10 Å². The number of carbonyl (C=O) groups is 1. The maximum Gasteiger partial charge on any atom is 0.150 e. The zero-order valence-corrected chi connectivity index (χ0v) is 7.61. The van der Waals surface area contributed by atoms with Gasteiger partial charge in [0.1, 0.15) is 6.29 Å². The number of hydrogen-bond acceptors (Lipinski definition) is 2. The Balaban J connectivity index is 2.85. The second-order valence-corrected chi connectivity index (χ2v) is 3.14. The molecule has 2 aromatic rings. The molecular formula is C10H10N2O. The van der Waals surface area contributed by atoms with Gasteiger partial charge in [0.15, 0.2) is 0 Å². The lowest BCUT2D eigenvalue weighted by molar-refractivity contribution is 0.112. The second kappa shape index (κ2) is 2.69. The second-order valence-electron chi connectivity index (χ2n) is 3.14. The summed E-state index contributed by atoms with van der Waals surface area (Å²) in [6.07, 6.45) is 2.81. The van der Waals surface area contributed by atoms with E-state index >= 15 is 0 Å². The van der Waals surface area contributed by atoms with Crippen LogP contribution in [0.1, 0.15) is 15.9 Å². The molecule has 0 radical (unpaired) electrons. The first kappa shape index (κ1) is 7.98. The lowest BCUT2D eigenvalue weighted by Crippen LogP contribution is -1.89. The van der Waals surface area contributed by atoms with Crippen LogP contribution in [0.2, 0.25) is 0 Å². The summed E-state index contributed by atoms with van der Waals surface area (Å²) in [5.41, 5.74) is 2.58. The highest BCUT2D eigenvalue weighted by molar-refractivity contribution is 5.90. The molecular weight excluding hydrogens is 164 g/mol. The average molecular weight is 174 g/mol. The molecule has 0 aliphatic rings. The zero-order valence-electron chi connectivity index (χ0n) is 7.61. The average Bonchev–Trinajstić information content (AvgIpc) is 2.47. The van der Waals surface area contributed by atoms with Crippen molar-refractivity contribution in [3.63, 3.8) is 0 Å². The van der Waals surface area contributed by atoms with Gasteiger partial charge in [0.2, 0.25) is 0 Å². The Labute approximate surface area is 76.0 Å². The number of aromatic nitrogens is 2. The molecule has 1 aromatic carbocycles. The van der Waals surface area contributed by atoms with Crippen LogP contribution in [0.25, 0.3) is 10.9 Å². The van der Waals surface area contributed by atoms with Gasteiger partial charge < -0.3 is 0 Å². The molecule has 3 heteroatoms. The minimum Gasteiger partial charge on any atom is -0.298 e. The highest BCUT2D eigenvalue weighted by atomic mass is 16.1. The van der Waals surface area contributed by atoms with Gasteiger partial charge in [0, 0.05) is 24.2 Å². The first-order valence-electron chi connectivity index (χ1n) is 4.10. The minimum absolute atomic E-state index is 0.714. The van der Waals surface area contributed by atoms with E-state index < -0.39 is 0 Å². The van der Waals surface area contributed by atoms with Gasteiger partial charge in [0.25, 0.3) is 0 Å². The van der Waals surface area contributed by atoms with Crippen LogP contribution in [0.5, 0.6) is 0 Å². The van der Waals surface area contributed by atoms with Gasteiger partial charge in [-0.2, -0.15) is 5.10 Å². The third-order valence-corrected chi connectivity index (χ3v) is 2.21. The van der Waals surface area contributed by atoms with Crippen LogP contribution in [0.15, 0.2) is 18.3 Å². The molecule has 1 aromatic heterocycles. The molecule has 0 unspecified atom stereocenters. The molecule has 0 atom stereocenters. The summed E-state index contributed by atoms with van der Waals surface area (Å²) in [5, 5.41) is 5.35. The Morgan fingerprint density at radius 2 is 2.23 bits per heavy atom. The molecule has 0 saturated carbocycles. The van der Waals surface area contributed by atoms with Crippen LogP contribution in [0.4, 0.5) is 0 Å². The van der Waals surface area contributed by atoms with Crippen LogP contribution in [-0.2, 0) is 7.05 Å². The summed E-state index contributed by atoms with van der Waals surface area (Å²) < 4.78 is 1.76. The maximum atomic E-state index is 10.6. The molecule has 0 spiro atoms. The summed E-state index contributed by atoms with van der Waals surface area (Å²) in [5.74, 6) is 0. The molecule has 0 saturated heterocycles. The van der Waals surface area contributed by atoms with Gasteiger partial charge in [0.05, 0.1) is 5.52 Å². The topological polar surface area (TPSA) is 34.9 Å². The lowest BCUT2D eigenvalue weighted by atomic mass is 10.1. The van der Waals surface area contributed by atoms with Crippen molar-refractivity contribution in [2.75, 3.05) is 0 Å². The minimum atomic E-state index is 0.714. The van der Waals surface area contributed by atoms with Crippen molar-refractivity contribution in [1.82, 2.24) is 9.78 Å².